The minimum atomic E-state index is -1.31. The summed E-state index contributed by atoms with van der Waals surface area (Å²) in [5, 5.41) is 18.1. The van der Waals surface area contributed by atoms with Crippen molar-refractivity contribution >= 4 is 28.8 Å². The van der Waals surface area contributed by atoms with Crippen LogP contribution in [0.3, 0.4) is 0 Å². The van der Waals surface area contributed by atoms with Crippen LogP contribution < -0.4 is 0 Å². The van der Waals surface area contributed by atoms with Crippen LogP contribution in [-0.4, -0.2) is 96.5 Å². The molecule has 0 radical (unpaired) electrons. The molecule has 5 atom stereocenters. The highest BCUT2D eigenvalue weighted by molar-refractivity contribution is 5.99. The van der Waals surface area contributed by atoms with E-state index in [2.05, 4.69) is 10.3 Å². The Balaban J connectivity index is 1.24. The zero-order valence-electron chi connectivity index (χ0n) is 23.0. The number of aliphatic hydroxyl groups excluding tert-OH is 1. The number of hydrogen-bond donors (Lipinski definition) is 1. The van der Waals surface area contributed by atoms with Gasteiger partial charge in [-0.25, -0.2) is 4.68 Å². The first-order valence-corrected chi connectivity index (χ1v) is 14.3. The fraction of sp³-hybridized carbons (Fsp3) is 0.387. The fourth-order valence-corrected chi connectivity index (χ4v) is 6.97. The van der Waals surface area contributed by atoms with Crippen molar-refractivity contribution in [2.75, 3.05) is 26.2 Å². The molecule has 11 nitrogen and oxygen atoms in total. The molecule has 7 rings (SSSR count). The Kier molecular flexibility index (Phi) is 6.63. The van der Waals surface area contributed by atoms with Crippen molar-refractivity contribution in [3.63, 3.8) is 0 Å². The molecule has 1 N–H and O–H groups in total. The summed E-state index contributed by atoms with van der Waals surface area (Å²) >= 11 is 0. The van der Waals surface area contributed by atoms with Crippen LogP contribution in [0.4, 0.5) is 0 Å². The number of rotatable bonds is 7. The molecule has 3 aromatic rings. The number of para-hydroxylation sites is 1. The van der Waals surface area contributed by atoms with E-state index in [1.54, 1.807) is 14.5 Å². The molecule has 11 heteroatoms. The fourth-order valence-electron chi connectivity index (χ4n) is 6.97. The first-order chi connectivity index (χ1) is 20.5. The monoisotopic (exact) mass is 568 g/mol. The third-order valence-electron chi connectivity index (χ3n) is 8.82. The maximum Gasteiger partial charge on any atom is 0.250 e. The predicted molar refractivity (Wildman–Crippen MR) is 151 cm³/mol. The Morgan fingerprint density at radius 1 is 0.929 bits per heavy atom. The molecule has 4 aliphatic rings. The van der Waals surface area contributed by atoms with Gasteiger partial charge in [0.1, 0.15) is 23.8 Å². The van der Waals surface area contributed by atoms with Gasteiger partial charge in [-0.1, -0.05) is 72.0 Å². The molecular formula is C31H32N6O5. The van der Waals surface area contributed by atoms with Gasteiger partial charge in [-0.2, -0.15) is 0 Å². The van der Waals surface area contributed by atoms with E-state index < -0.39 is 29.6 Å². The van der Waals surface area contributed by atoms with Gasteiger partial charge in [0.05, 0.1) is 23.5 Å². The molecule has 1 unspecified atom stereocenters. The Morgan fingerprint density at radius 3 is 2.55 bits per heavy atom. The second-order valence-electron chi connectivity index (χ2n) is 11.3. The van der Waals surface area contributed by atoms with E-state index in [9.17, 15) is 19.5 Å². The van der Waals surface area contributed by atoms with Gasteiger partial charge in [0.15, 0.2) is 0 Å². The van der Waals surface area contributed by atoms with Gasteiger partial charge in [0, 0.05) is 32.8 Å². The number of benzene rings is 2. The minimum absolute atomic E-state index is 0.133. The van der Waals surface area contributed by atoms with E-state index in [0.29, 0.717) is 19.5 Å². The maximum atomic E-state index is 14.4. The number of nitrogens with zero attached hydrogens (tertiary/aromatic N) is 6. The average molecular weight is 569 g/mol. The van der Waals surface area contributed by atoms with E-state index in [-0.39, 0.29) is 44.1 Å². The quantitative estimate of drug-likeness (QED) is 0.427. The predicted octanol–water partition coefficient (Wildman–Crippen LogP) is 1.35. The zero-order chi connectivity index (χ0) is 28.8. The SMILES string of the molecule is O=C1C2N(CCCO)C(=O)[C@@H]3[C@H]4C(=O)N(Cc5ccccc5)CC=C[C@H]4O[C@]23C=CCN1Cn1nnc2ccccc21. The van der Waals surface area contributed by atoms with E-state index in [1.165, 1.54) is 4.90 Å². The number of aliphatic hydroxyl groups is 1. The number of hydrogen-bond acceptors (Lipinski definition) is 7. The Morgan fingerprint density at radius 2 is 1.71 bits per heavy atom. The first-order valence-electron chi connectivity index (χ1n) is 14.3. The molecule has 216 valence electrons. The zero-order valence-corrected chi connectivity index (χ0v) is 23.0. The molecule has 4 aliphatic heterocycles. The van der Waals surface area contributed by atoms with Gasteiger partial charge < -0.3 is 24.5 Å². The second kappa shape index (κ2) is 10.5. The summed E-state index contributed by atoms with van der Waals surface area (Å²) in [5.74, 6) is -2.39. The molecule has 3 amide bonds. The van der Waals surface area contributed by atoms with Crippen LogP contribution in [0, 0.1) is 11.8 Å². The van der Waals surface area contributed by atoms with Crippen LogP contribution in [0.5, 0.6) is 0 Å². The third kappa shape index (κ3) is 4.14. The summed E-state index contributed by atoms with van der Waals surface area (Å²) in [6.07, 6.45) is 7.12. The van der Waals surface area contributed by atoms with Crippen molar-refractivity contribution < 1.29 is 24.2 Å². The molecule has 2 saturated heterocycles. The summed E-state index contributed by atoms with van der Waals surface area (Å²) in [4.78, 5) is 47.6. The second-order valence-corrected chi connectivity index (χ2v) is 11.3. The first kappa shape index (κ1) is 26.5. The number of fused-ring (bicyclic) bond motifs is 3. The number of carbonyl (C=O) groups is 3. The third-order valence-corrected chi connectivity index (χ3v) is 8.82. The molecule has 42 heavy (non-hydrogen) atoms. The van der Waals surface area contributed by atoms with Gasteiger partial charge in [0.25, 0.3) is 5.91 Å². The summed E-state index contributed by atoms with van der Waals surface area (Å²) in [5.41, 5.74) is 1.19. The van der Waals surface area contributed by atoms with Crippen molar-refractivity contribution in [1.82, 2.24) is 29.7 Å². The summed E-state index contributed by atoms with van der Waals surface area (Å²) < 4.78 is 8.35. The normalized spacial score (nSPS) is 28.7. The summed E-state index contributed by atoms with van der Waals surface area (Å²) in [7, 11) is 0. The van der Waals surface area contributed by atoms with Crippen molar-refractivity contribution in [2.45, 2.75) is 37.4 Å². The van der Waals surface area contributed by atoms with Gasteiger partial charge >= 0.3 is 0 Å². The lowest BCUT2D eigenvalue weighted by Crippen LogP contribution is -2.55. The van der Waals surface area contributed by atoms with Crippen molar-refractivity contribution in [1.29, 1.82) is 0 Å². The number of amides is 3. The van der Waals surface area contributed by atoms with Gasteiger partial charge in [-0.3, -0.25) is 14.4 Å². The molecule has 1 aromatic heterocycles. The Bertz CT molecular complexity index is 1590. The summed E-state index contributed by atoms with van der Waals surface area (Å²) in [6, 6.07) is 16.3. The van der Waals surface area contributed by atoms with Gasteiger partial charge in [-0.15, -0.1) is 5.10 Å². The Labute approximate surface area is 242 Å². The standard InChI is InChI=1S/C31H32N6O5/c38-18-8-17-36-27-30(41)35(20-37-23-12-5-4-11-22(23)32-33-37)16-7-14-31(27)26(29(36)40)25-24(42-31)13-6-15-34(28(25)39)19-21-9-2-1-3-10-21/h1-7,9-14,24-27,38H,8,15-20H2/t24-,25+,26+,27?,31+/m1/s1. The van der Waals surface area contributed by atoms with Crippen LogP contribution in [0.2, 0.25) is 0 Å². The van der Waals surface area contributed by atoms with E-state index in [1.807, 2.05) is 78.9 Å². The van der Waals surface area contributed by atoms with E-state index >= 15 is 0 Å². The summed E-state index contributed by atoms with van der Waals surface area (Å²) in [6.45, 7) is 1.28. The van der Waals surface area contributed by atoms with E-state index in [4.69, 9.17) is 4.74 Å². The van der Waals surface area contributed by atoms with Gasteiger partial charge in [0.2, 0.25) is 11.8 Å². The smallest absolute Gasteiger partial charge is 0.250 e. The number of carbonyl (C=O) groups excluding carboxylic acids is 3. The van der Waals surface area contributed by atoms with Crippen LogP contribution in [-0.2, 0) is 32.3 Å². The molecular weight excluding hydrogens is 536 g/mol. The number of aromatic nitrogens is 3. The van der Waals surface area contributed by atoms with Crippen molar-refractivity contribution in [3.8, 4) is 0 Å². The topological polar surface area (TPSA) is 121 Å². The number of ether oxygens (including phenoxy) is 1. The minimum Gasteiger partial charge on any atom is -0.396 e. The lowest BCUT2D eigenvalue weighted by Gasteiger charge is -2.35. The van der Waals surface area contributed by atoms with Crippen LogP contribution >= 0.6 is 0 Å². The van der Waals surface area contributed by atoms with Gasteiger partial charge in [-0.05, 0) is 24.1 Å². The van der Waals surface area contributed by atoms with Crippen LogP contribution in [0.25, 0.3) is 11.0 Å². The highest BCUT2D eigenvalue weighted by Gasteiger charge is 2.71. The number of likely N-dealkylation sites (tertiary alicyclic amines) is 1. The molecule has 2 aromatic carbocycles. The highest BCUT2D eigenvalue weighted by atomic mass is 16.5. The molecule has 2 fully saturated rings. The largest absolute Gasteiger partial charge is 0.396 e. The lowest BCUT2D eigenvalue weighted by molar-refractivity contribution is -0.149. The maximum absolute atomic E-state index is 14.4. The lowest BCUT2D eigenvalue weighted by atomic mass is 9.77. The van der Waals surface area contributed by atoms with Crippen molar-refractivity contribution in [3.05, 3.63) is 84.5 Å². The average Bonchev–Trinajstić information content (AvgIpc) is 3.56. The highest BCUT2D eigenvalue weighted by Crippen LogP contribution is 2.53. The molecule has 1 spiro atoms. The van der Waals surface area contributed by atoms with Crippen LogP contribution in [0.1, 0.15) is 12.0 Å². The van der Waals surface area contributed by atoms with Crippen LogP contribution in [0.15, 0.2) is 78.9 Å². The Hall–Kier alpha value is -4.35. The van der Waals surface area contributed by atoms with E-state index in [0.717, 1.165) is 16.6 Å². The molecule has 5 heterocycles. The molecule has 0 saturated carbocycles. The van der Waals surface area contributed by atoms with Crippen molar-refractivity contribution in [2.24, 2.45) is 11.8 Å². The molecule has 0 aliphatic carbocycles. The molecule has 0 bridgehead atoms.